The van der Waals surface area contributed by atoms with Crippen molar-refractivity contribution in [2.75, 3.05) is 0 Å². The van der Waals surface area contributed by atoms with Crippen molar-refractivity contribution in [1.29, 1.82) is 0 Å². The number of isothiocyanates is 1. The molecule has 0 aliphatic carbocycles. The summed E-state index contributed by atoms with van der Waals surface area (Å²) in [5, 5.41) is 2.01. The van der Waals surface area contributed by atoms with E-state index in [1.54, 1.807) is 0 Å². The van der Waals surface area contributed by atoms with Crippen LogP contribution in [-0.2, 0) is 6.42 Å². The number of hydrogen-bond acceptors (Lipinski definition) is 2. The van der Waals surface area contributed by atoms with Gasteiger partial charge in [0.05, 0.1) is 10.7 Å². The first-order valence-electron chi connectivity index (χ1n) is 7.32. The average molecular weight is 327 g/mol. The number of aliphatic imine (C=N–C) groups is 1. The molecule has 0 heterocycles. The van der Waals surface area contributed by atoms with E-state index in [4.69, 9.17) is 0 Å². The van der Waals surface area contributed by atoms with Gasteiger partial charge in [0.15, 0.2) is 5.82 Å². The maximum Gasteiger partial charge on any atom is 0.151 e. The minimum absolute atomic E-state index is 0.0131. The van der Waals surface area contributed by atoms with Crippen LogP contribution in [0.3, 0.4) is 0 Å². The monoisotopic (exact) mass is 327 g/mol. The smallest absolute Gasteiger partial charge is 0.151 e. The zero-order valence-corrected chi connectivity index (χ0v) is 13.5. The van der Waals surface area contributed by atoms with Gasteiger partial charge in [0.2, 0.25) is 0 Å². The molecule has 2 aromatic carbocycles. The van der Waals surface area contributed by atoms with Crippen LogP contribution >= 0.6 is 12.2 Å². The molecule has 0 aliphatic heterocycles. The molecule has 0 saturated heterocycles. The third kappa shape index (κ3) is 4.82. The second-order valence-electron chi connectivity index (χ2n) is 5.04. The second kappa shape index (κ2) is 8.33. The molecule has 0 bridgehead atoms. The fraction of sp³-hybridized carbons (Fsp3) is 0.211. The lowest BCUT2D eigenvalue weighted by molar-refractivity contribution is 0.599. The third-order valence-corrected chi connectivity index (χ3v) is 3.41. The number of thiocarbonyl (C=S) groups is 1. The number of aryl methyl sites for hydroxylation is 1. The van der Waals surface area contributed by atoms with E-state index in [0.717, 1.165) is 37.0 Å². The Bertz CT molecular complexity index is 795. The third-order valence-electron chi connectivity index (χ3n) is 3.32. The van der Waals surface area contributed by atoms with Crippen LogP contribution in [0.4, 0.5) is 14.5 Å². The lowest BCUT2D eigenvalue weighted by atomic mass is 10.1. The lowest BCUT2D eigenvalue weighted by Gasteiger charge is -2.00. The summed E-state index contributed by atoms with van der Waals surface area (Å²) in [5.41, 5.74) is 1.81. The molecule has 0 aliphatic rings. The molecular weight excluding hydrogens is 312 g/mol. The maximum atomic E-state index is 13.9. The summed E-state index contributed by atoms with van der Waals surface area (Å²) in [7, 11) is 0. The van der Waals surface area contributed by atoms with Crippen molar-refractivity contribution >= 4 is 23.1 Å². The Kier molecular flexibility index (Phi) is 6.17. The Morgan fingerprint density at radius 1 is 1.04 bits per heavy atom. The highest BCUT2D eigenvalue weighted by Crippen LogP contribution is 2.21. The van der Waals surface area contributed by atoms with Gasteiger partial charge in [-0.2, -0.15) is 4.99 Å². The molecule has 0 fully saturated rings. The van der Waals surface area contributed by atoms with Crippen LogP contribution in [-0.4, -0.2) is 5.16 Å². The Hall–Kier alpha value is -2.34. The van der Waals surface area contributed by atoms with E-state index in [1.165, 1.54) is 5.56 Å². The SMILES string of the molecule is CCCCc1ccc(C#Cc2cc(F)c(N=C=S)cc2F)cc1. The van der Waals surface area contributed by atoms with Gasteiger partial charge in [-0.25, -0.2) is 8.78 Å². The fourth-order valence-electron chi connectivity index (χ4n) is 2.04. The lowest BCUT2D eigenvalue weighted by Crippen LogP contribution is -1.88. The molecule has 2 rings (SSSR count). The summed E-state index contributed by atoms with van der Waals surface area (Å²) < 4.78 is 27.6. The van der Waals surface area contributed by atoms with E-state index in [9.17, 15) is 8.78 Å². The van der Waals surface area contributed by atoms with Crippen molar-refractivity contribution in [3.05, 3.63) is 64.7 Å². The molecule has 0 aromatic heterocycles. The van der Waals surface area contributed by atoms with E-state index in [0.29, 0.717) is 0 Å². The van der Waals surface area contributed by atoms with Gasteiger partial charge in [-0.3, -0.25) is 0 Å². The number of rotatable bonds is 4. The predicted molar refractivity (Wildman–Crippen MR) is 92.1 cm³/mol. The Labute approximate surface area is 140 Å². The van der Waals surface area contributed by atoms with Crippen LogP contribution in [0, 0.1) is 23.5 Å². The van der Waals surface area contributed by atoms with Gasteiger partial charge in [-0.15, -0.1) is 0 Å². The number of halogens is 2. The first-order valence-corrected chi connectivity index (χ1v) is 7.72. The minimum atomic E-state index is -0.678. The average Bonchev–Trinajstić information content (AvgIpc) is 2.56. The first-order chi connectivity index (χ1) is 11.1. The molecule has 2 aromatic rings. The molecule has 0 atom stereocenters. The second-order valence-corrected chi connectivity index (χ2v) is 5.22. The van der Waals surface area contributed by atoms with Gasteiger partial charge in [0.1, 0.15) is 11.5 Å². The van der Waals surface area contributed by atoms with Crippen molar-refractivity contribution in [3.63, 3.8) is 0 Å². The Balaban J connectivity index is 2.21. The minimum Gasteiger partial charge on any atom is -0.206 e. The highest BCUT2D eigenvalue weighted by atomic mass is 32.1. The summed E-state index contributed by atoms with van der Waals surface area (Å²) in [6.07, 6.45) is 3.33. The molecule has 1 nitrogen and oxygen atoms in total. The van der Waals surface area contributed by atoms with Gasteiger partial charge in [-0.05, 0) is 48.8 Å². The van der Waals surface area contributed by atoms with Crippen molar-refractivity contribution in [2.24, 2.45) is 4.99 Å². The van der Waals surface area contributed by atoms with Crippen LogP contribution in [0.2, 0.25) is 0 Å². The molecular formula is C19H15F2NS. The highest BCUT2D eigenvalue weighted by Gasteiger charge is 2.07. The molecule has 0 N–H and O–H groups in total. The zero-order chi connectivity index (χ0) is 16.7. The number of unbranched alkanes of at least 4 members (excludes halogenated alkanes) is 1. The molecule has 116 valence electrons. The number of hydrogen-bond donors (Lipinski definition) is 0. The molecule has 0 radical (unpaired) electrons. The molecule has 0 spiro atoms. The largest absolute Gasteiger partial charge is 0.206 e. The molecule has 0 amide bonds. The van der Waals surface area contributed by atoms with E-state index in [1.807, 2.05) is 29.4 Å². The van der Waals surface area contributed by atoms with Crippen molar-refractivity contribution in [1.82, 2.24) is 0 Å². The van der Waals surface area contributed by atoms with Crippen LogP contribution < -0.4 is 0 Å². The van der Waals surface area contributed by atoms with Crippen LogP contribution in [0.15, 0.2) is 41.4 Å². The van der Waals surface area contributed by atoms with Gasteiger partial charge < -0.3 is 0 Å². The highest BCUT2D eigenvalue weighted by molar-refractivity contribution is 7.78. The van der Waals surface area contributed by atoms with Crippen molar-refractivity contribution < 1.29 is 8.78 Å². The van der Waals surface area contributed by atoms with Gasteiger partial charge in [0.25, 0.3) is 0 Å². The van der Waals surface area contributed by atoms with E-state index < -0.39 is 11.6 Å². The summed E-state index contributed by atoms with van der Waals surface area (Å²) in [6, 6.07) is 9.77. The summed E-state index contributed by atoms with van der Waals surface area (Å²) >= 11 is 4.39. The summed E-state index contributed by atoms with van der Waals surface area (Å²) in [4.78, 5) is 3.46. The maximum absolute atomic E-state index is 13.9. The molecule has 4 heteroatoms. The summed E-state index contributed by atoms with van der Waals surface area (Å²) in [6.45, 7) is 2.15. The molecule has 0 saturated carbocycles. The number of benzene rings is 2. The van der Waals surface area contributed by atoms with Gasteiger partial charge in [-0.1, -0.05) is 37.3 Å². The predicted octanol–water partition coefficient (Wildman–Crippen LogP) is 5.44. The van der Waals surface area contributed by atoms with Crippen LogP contribution in [0.1, 0.15) is 36.5 Å². The normalized spacial score (nSPS) is 9.70. The standard InChI is InChI=1S/C19H15F2NS/c1-2-3-4-14-5-7-15(8-6-14)9-10-16-11-18(21)19(22-13-23)12-17(16)20/h5-8,11-12H,2-4H2,1H3. The molecule has 23 heavy (non-hydrogen) atoms. The Morgan fingerprint density at radius 3 is 2.43 bits per heavy atom. The van der Waals surface area contributed by atoms with Gasteiger partial charge >= 0.3 is 0 Å². The zero-order valence-electron chi connectivity index (χ0n) is 12.7. The summed E-state index contributed by atoms with van der Waals surface area (Å²) in [5.74, 6) is 4.17. The van der Waals surface area contributed by atoms with E-state index in [2.05, 4.69) is 36.0 Å². The van der Waals surface area contributed by atoms with E-state index >= 15 is 0 Å². The first kappa shape index (κ1) is 17.0. The van der Waals surface area contributed by atoms with E-state index in [-0.39, 0.29) is 11.3 Å². The quantitative estimate of drug-likeness (QED) is 0.414. The Morgan fingerprint density at radius 2 is 1.78 bits per heavy atom. The fourth-order valence-corrected chi connectivity index (χ4v) is 2.14. The van der Waals surface area contributed by atoms with Crippen molar-refractivity contribution in [3.8, 4) is 11.8 Å². The van der Waals surface area contributed by atoms with Crippen molar-refractivity contribution in [2.45, 2.75) is 26.2 Å². The topological polar surface area (TPSA) is 12.4 Å². The molecule has 0 unspecified atom stereocenters. The van der Waals surface area contributed by atoms with Crippen LogP contribution in [0.5, 0.6) is 0 Å². The number of nitrogens with zero attached hydrogens (tertiary/aromatic N) is 1. The van der Waals surface area contributed by atoms with Gasteiger partial charge in [0, 0.05) is 11.6 Å². The van der Waals surface area contributed by atoms with Crippen LogP contribution in [0.25, 0.3) is 0 Å².